The Hall–Kier alpha value is -1.92. The van der Waals surface area contributed by atoms with Gasteiger partial charge in [-0.1, -0.05) is 29.0 Å². The van der Waals surface area contributed by atoms with Crippen LogP contribution in [0.4, 0.5) is 5.69 Å². The second-order valence-electron chi connectivity index (χ2n) is 3.85. The summed E-state index contributed by atoms with van der Waals surface area (Å²) in [5.41, 5.74) is 7.19. The second kappa shape index (κ2) is 5.38. The molecular formula is C12H10ClN3O2S. The fraction of sp³-hybridized carbons (Fsp3) is 0.0833. The van der Waals surface area contributed by atoms with Gasteiger partial charge in [0.2, 0.25) is 5.76 Å². The first-order valence-corrected chi connectivity index (χ1v) is 6.10. The predicted octanol–water partition coefficient (Wildman–Crippen LogP) is 2.52. The third-order valence-corrected chi connectivity index (χ3v) is 2.90. The molecule has 0 aliphatic rings. The zero-order valence-electron chi connectivity index (χ0n) is 9.94. The highest BCUT2D eigenvalue weighted by atomic mass is 35.5. The van der Waals surface area contributed by atoms with Crippen molar-refractivity contribution in [3.8, 4) is 0 Å². The van der Waals surface area contributed by atoms with Crippen LogP contribution < -0.4 is 11.1 Å². The number of hydrogen-bond donors (Lipinski definition) is 2. The summed E-state index contributed by atoms with van der Waals surface area (Å²) in [6, 6.07) is 6.42. The van der Waals surface area contributed by atoms with Gasteiger partial charge in [-0.05, 0) is 25.1 Å². The first-order valence-electron chi connectivity index (χ1n) is 5.31. The molecule has 0 saturated heterocycles. The summed E-state index contributed by atoms with van der Waals surface area (Å²) in [6.45, 7) is 1.73. The van der Waals surface area contributed by atoms with E-state index in [2.05, 4.69) is 10.5 Å². The Morgan fingerprint density at radius 1 is 1.47 bits per heavy atom. The lowest BCUT2D eigenvalue weighted by Gasteiger charge is -2.07. The molecule has 1 aromatic heterocycles. The van der Waals surface area contributed by atoms with Crippen LogP contribution in [0.1, 0.15) is 21.8 Å². The van der Waals surface area contributed by atoms with Crippen LogP contribution in [0.2, 0.25) is 5.02 Å². The van der Waals surface area contributed by atoms with Crippen LogP contribution in [0, 0.1) is 6.92 Å². The van der Waals surface area contributed by atoms with Gasteiger partial charge in [0.15, 0.2) is 0 Å². The molecule has 0 radical (unpaired) electrons. The molecule has 0 unspecified atom stereocenters. The SMILES string of the molecule is Cc1cc(C(=O)Nc2ccc(C(N)=S)cc2Cl)on1. The van der Waals surface area contributed by atoms with Crippen molar-refractivity contribution < 1.29 is 9.32 Å². The third-order valence-electron chi connectivity index (χ3n) is 2.35. The van der Waals surface area contributed by atoms with Crippen LogP contribution >= 0.6 is 23.8 Å². The minimum absolute atomic E-state index is 0.118. The summed E-state index contributed by atoms with van der Waals surface area (Å²) >= 11 is 10.9. The van der Waals surface area contributed by atoms with E-state index in [9.17, 15) is 4.79 Å². The molecule has 1 aromatic carbocycles. The summed E-state index contributed by atoms with van der Waals surface area (Å²) in [5, 5.41) is 6.60. The molecule has 0 saturated carbocycles. The molecule has 3 N–H and O–H groups in total. The van der Waals surface area contributed by atoms with Gasteiger partial charge in [0.1, 0.15) is 4.99 Å². The number of nitrogens with zero attached hydrogens (tertiary/aromatic N) is 1. The van der Waals surface area contributed by atoms with Crippen LogP contribution in [-0.2, 0) is 0 Å². The zero-order valence-corrected chi connectivity index (χ0v) is 11.5. The number of halogens is 1. The third kappa shape index (κ3) is 3.10. The Morgan fingerprint density at radius 3 is 2.74 bits per heavy atom. The zero-order chi connectivity index (χ0) is 14.0. The lowest BCUT2D eigenvalue weighted by atomic mass is 10.2. The number of carbonyl (C=O) groups excluding carboxylic acids is 1. The Morgan fingerprint density at radius 2 is 2.21 bits per heavy atom. The highest BCUT2D eigenvalue weighted by Gasteiger charge is 2.13. The number of nitrogens with one attached hydrogen (secondary N) is 1. The van der Waals surface area contributed by atoms with Crippen LogP contribution in [-0.4, -0.2) is 16.1 Å². The molecule has 98 valence electrons. The smallest absolute Gasteiger partial charge is 0.294 e. The molecule has 1 amide bonds. The molecule has 2 aromatic rings. The number of amides is 1. The fourth-order valence-corrected chi connectivity index (χ4v) is 1.78. The van der Waals surface area contributed by atoms with Crippen molar-refractivity contribution >= 4 is 40.4 Å². The molecule has 0 spiro atoms. The van der Waals surface area contributed by atoms with Crippen LogP contribution in [0.3, 0.4) is 0 Å². The van der Waals surface area contributed by atoms with E-state index in [4.69, 9.17) is 34.1 Å². The van der Waals surface area contributed by atoms with Crippen LogP contribution in [0.25, 0.3) is 0 Å². The summed E-state index contributed by atoms with van der Waals surface area (Å²) in [6.07, 6.45) is 0. The van der Waals surface area contributed by atoms with E-state index in [1.807, 2.05) is 0 Å². The van der Waals surface area contributed by atoms with Gasteiger partial charge in [0.05, 0.1) is 16.4 Å². The number of aromatic nitrogens is 1. The molecular weight excluding hydrogens is 286 g/mol. The summed E-state index contributed by atoms with van der Waals surface area (Å²) < 4.78 is 4.85. The molecule has 0 aliphatic carbocycles. The summed E-state index contributed by atoms with van der Waals surface area (Å²) in [7, 11) is 0. The fourth-order valence-electron chi connectivity index (χ4n) is 1.42. The van der Waals surface area contributed by atoms with Crippen LogP contribution in [0.15, 0.2) is 28.8 Å². The number of nitrogens with two attached hydrogens (primary N) is 1. The maximum absolute atomic E-state index is 11.8. The standard InChI is InChI=1S/C12H10ClN3O2S/c1-6-4-10(18-16-6)12(17)15-9-3-2-7(11(14)19)5-8(9)13/h2-5H,1H3,(H2,14,19)(H,15,17). The van der Waals surface area contributed by atoms with Crippen molar-refractivity contribution in [1.82, 2.24) is 5.16 Å². The predicted molar refractivity (Wildman–Crippen MR) is 76.5 cm³/mol. The van der Waals surface area contributed by atoms with Crippen molar-refractivity contribution in [3.63, 3.8) is 0 Å². The number of anilines is 1. The van der Waals surface area contributed by atoms with Gasteiger partial charge in [-0.3, -0.25) is 4.79 Å². The Bertz CT molecular complexity index is 654. The largest absolute Gasteiger partial charge is 0.389 e. The highest BCUT2D eigenvalue weighted by Crippen LogP contribution is 2.23. The number of thiocarbonyl (C=S) groups is 1. The highest BCUT2D eigenvalue weighted by molar-refractivity contribution is 7.80. The van der Waals surface area contributed by atoms with Gasteiger partial charge in [0, 0.05) is 11.6 Å². The van der Waals surface area contributed by atoms with Gasteiger partial charge in [0.25, 0.3) is 5.91 Å². The number of aryl methyl sites for hydroxylation is 1. The summed E-state index contributed by atoms with van der Waals surface area (Å²) in [4.78, 5) is 12.1. The lowest BCUT2D eigenvalue weighted by molar-refractivity contribution is 0.0988. The summed E-state index contributed by atoms with van der Waals surface area (Å²) in [5.74, 6) is -0.308. The average Bonchev–Trinajstić information content (AvgIpc) is 2.78. The van der Waals surface area contributed by atoms with E-state index in [1.165, 1.54) is 6.07 Å². The van der Waals surface area contributed by atoms with Gasteiger partial charge < -0.3 is 15.6 Å². The molecule has 19 heavy (non-hydrogen) atoms. The molecule has 0 aliphatic heterocycles. The van der Waals surface area contributed by atoms with E-state index < -0.39 is 5.91 Å². The molecule has 0 fully saturated rings. The second-order valence-corrected chi connectivity index (χ2v) is 4.69. The topological polar surface area (TPSA) is 81.2 Å². The van der Waals surface area contributed by atoms with Crippen molar-refractivity contribution in [1.29, 1.82) is 0 Å². The molecule has 0 atom stereocenters. The number of carbonyl (C=O) groups is 1. The minimum Gasteiger partial charge on any atom is -0.389 e. The number of benzene rings is 1. The number of hydrogen-bond acceptors (Lipinski definition) is 4. The van der Waals surface area contributed by atoms with E-state index in [0.29, 0.717) is 22.0 Å². The van der Waals surface area contributed by atoms with Gasteiger partial charge in [-0.25, -0.2) is 0 Å². The van der Waals surface area contributed by atoms with E-state index in [-0.39, 0.29) is 10.7 Å². The van der Waals surface area contributed by atoms with E-state index in [0.717, 1.165) is 0 Å². The molecule has 1 heterocycles. The Labute approximate surface area is 119 Å². The average molecular weight is 296 g/mol. The van der Waals surface area contributed by atoms with E-state index in [1.54, 1.807) is 25.1 Å². The normalized spacial score (nSPS) is 10.2. The van der Waals surface area contributed by atoms with Gasteiger partial charge in [-0.2, -0.15) is 0 Å². The first kappa shape index (κ1) is 13.5. The van der Waals surface area contributed by atoms with Crippen molar-refractivity contribution in [2.45, 2.75) is 6.92 Å². The quantitative estimate of drug-likeness (QED) is 0.850. The maximum atomic E-state index is 11.8. The Kier molecular flexibility index (Phi) is 3.82. The van der Waals surface area contributed by atoms with Crippen LogP contribution in [0.5, 0.6) is 0 Å². The molecule has 2 rings (SSSR count). The van der Waals surface area contributed by atoms with E-state index >= 15 is 0 Å². The first-order chi connectivity index (χ1) is 8.97. The lowest BCUT2D eigenvalue weighted by Crippen LogP contribution is -2.13. The monoisotopic (exact) mass is 295 g/mol. The minimum atomic E-state index is -0.425. The van der Waals surface area contributed by atoms with Crippen molar-refractivity contribution in [2.75, 3.05) is 5.32 Å². The molecule has 5 nitrogen and oxygen atoms in total. The van der Waals surface area contributed by atoms with Gasteiger partial charge in [-0.15, -0.1) is 0 Å². The van der Waals surface area contributed by atoms with Gasteiger partial charge >= 0.3 is 0 Å². The number of rotatable bonds is 3. The molecule has 0 bridgehead atoms. The van der Waals surface area contributed by atoms with Crippen molar-refractivity contribution in [3.05, 3.63) is 46.3 Å². The Balaban J connectivity index is 2.20. The molecule has 7 heteroatoms. The maximum Gasteiger partial charge on any atom is 0.294 e. The van der Waals surface area contributed by atoms with Crippen molar-refractivity contribution in [2.24, 2.45) is 5.73 Å².